The van der Waals surface area contributed by atoms with E-state index in [9.17, 15) is 9.59 Å². The number of hydrogen-bond donors (Lipinski definition) is 0. The number of dihydropyridines is 1. The van der Waals surface area contributed by atoms with Crippen LogP contribution in [0, 0.1) is 0 Å². The first-order valence-electron chi connectivity index (χ1n) is 3.36. The van der Waals surface area contributed by atoms with Crippen LogP contribution in [0.15, 0.2) is 33.9 Å². The van der Waals surface area contributed by atoms with Gasteiger partial charge in [-0.1, -0.05) is 0 Å². The Morgan fingerprint density at radius 3 is 2.92 bits per heavy atom. The Bertz CT molecular complexity index is 386. The van der Waals surface area contributed by atoms with Crippen molar-refractivity contribution in [1.82, 2.24) is 0 Å². The Hall–Kier alpha value is -1.84. The van der Waals surface area contributed by atoms with Crippen molar-refractivity contribution in [3.8, 4) is 0 Å². The lowest BCUT2D eigenvalue weighted by atomic mass is 10.0. The molecule has 4 heteroatoms. The van der Waals surface area contributed by atoms with Crippen LogP contribution in [0.5, 0.6) is 0 Å². The van der Waals surface area contributed by atoms with Gasteiger partial charge in [-0.15, -0.1) is 0 Å². The monoisotopic (exact) mass is 160 g/mol. The molecule has 0 aromatic carbocycles. The predicted octanol–water partition coefficient (Wildman–Crippen LogP) is 0.0612. The van der Waals surface area contributed by atoms with Crippen LogP contribution in [0.25, 0.3) is 0 Å². The molecule has 4 nitrogen and oxygen atoms in total. The lowest BCUT2D eigenvalue weighted by Crippen LogP contribution is -2.20. The second-order valence-electron chi connectivity index (χ2n) is 2.35. The van der Waals surface area contributed by atoms with Crippen molar-refractivity contribution in [3.05, 3.63) is 23.9 Å². The lowest BCUT2D eigenvalue weighted by Gasteiger charge is -2.08. The Kier molecular flexibility index (Phi) is 1.33. The van der Waals surface area contributed by atoms with E-state index >= 15 is 0 Å². The second kappa shape index (κ2) is 2.34. The van der Waals surface area contributed by atoms with Crippen molar-refractivity contribution in [2.24, 2.45) is 9.98 Å². The van der Waals surface area contributed by atoms with E-state index in [-0.39, 0.29) is 5.78 Å². The molecule has 0 unspecified atom stereocenters. The summed E-state index contributed by atoms with van der Waals surface area (Å²) in [6.45, 7) is 0. The summed E-state index contributed by atoms with van der Waals surface area (Å²) in [4.78, 5) is 29.3. The topological polar surface area (TPSA) is 58.9 Å². The number of ketones is 1. The summed E-state index contributed by atoms with van der Waals surface area (Å²) in [5.41, 5.74) is 0.791. The van der Waals surface area contributed by atoms with Gasteiger partial charge in [0.1, 0.15) is 0 Å². The Morgan fingerprint density at radius 2 is 2.08 bits per heavy atom. The normalized spacial score (nSPS) is 20.3. The molecule has 58 valence electrons. The number of allylic oxidation sites excluding steroid dienone is 2. The first-order valence-corrected chi connectivity index (χ1v) is 3.36. The summed E-state index contributed by atoms with van der Waals surface area (Å²) in [6.07, 6.45) is 5.22. The van der Waals surface area contributed by atoms with Crippen LogP contribution in [-0.2, 0) is 9.59 Å². The predicted molar refractivity (Wildman–Crippen MR) is 43.2 cm³/mol. The Morgan fingerprint density at radius 1 is 1.25 bits per heavy atom. The summed E-state index contributed by atoms with van der Waals surface area (Å²) in [5.74, 6) is -0.605. The van der Waals surface area contributed by atoms with E-state index in [1.807, 2.05) is 0 Å². The van der Waals surface area contributed by atoms with E-state index in [4.69, 9.17) is 0 Å². The first kappa shape index (κ1) is 6.84. The third-order valence-electron chi connectivity index (χ3n) is 1.56. The summed E-state index contributed by atoms with van der Waals surface area (Å²) in [6, 6.07) is 0. The largest absolute Gasteiger partial charge is 0.289 e. The highest BCUT2D eigenvalue weighted by molar-refractivity contribution is 6.51. The molecule has 0 saturated heterocycles. The highest BCUT2D eigenvalue weighted by Gasteiger charge is 2.19. The van der Waals surface area contributed by atoms with Crippen molar-refractivity contribution in [2.45, 2.75) is 0 Å². The highest BCUT2D eigenvalue weighted by atomic mass is 16.1. The molecule has 1 amide bonds. The van der Waals surface area contributed by atoms with Gasteiger partial charge in [0.2, 0.25) is 0 Å². The van der Waals surface area contributed by atoms with Gasteiger partial charge < -0.3 is 0 Å². The van der Waals surface area contributed by atoms with Gasteiger partial charge in [0.25, 0.3) is 5.91 Å². The molecule has 0 aromatic heterocycles. The molecule has 0 aromatic rings. The zero-order chi connectivity index (χ0) is 8.55. The SMILES string of the molecule is O=C1C=C2C(=O)C=CN=C2C=N1. The average Bonchev–Trinajstić information content (AvgIpc) is 2.07. The molecule has 0 saturated carbocycles. The molecule has 2 rings (SSSR count). The summed E-state index contributed by atoms with van der Waals surface area (Å²) in [7, 11) is 0. The molecule has 0 radical (unpaired) electrons. The molecule has 12 heavy (non-hydrogen) atoms. The summed E-state index contributed by atoms with van der Waals surface area (Å²) < 4.78 is 0. The molecular weight excluding hydrogens is 156 g/mol. The standard InChI is InChI=1S/C8H4N2O2/c11-7-1-2-9-6-4-10-8(12)3-5(6)7/h1-4H. The zero-order valence-electron chi connectivity index (χ0n) is 6.02. The third kappa shape index (κ3) is 0.934. The molecule has 2 aliphatic rings. The summed E-state index contributed by atoms with van der Waals surface area (Å²) >= 11 is 0. The minimum atomic E-state index is -0.410. The maximum Gasteiger partial charge on any atom is 0.270 e. The van der Waals surface area contributed by atoms with Crippen molar-refractivity contribution >= 4 is 23.6 Å². The zero-order valence-corrected chi connectivity index (χ0v) is 6.02. The summed E-state index contributed by atoms with van der Waals surface area (Å²) in [5, 5.41) is 0. The maximum atomic E-state index is 11.1. The van der Waals surface area contributed by atoms with Crippen molar-refractivity contribution in [3.63, 3.8) is 0 Å². The highest BCUT2D eigenvalue weighted by Crippen LogP contribution is 2.10. The van der Waals surface area contributed by atoms with Gasteiger partial charge in [-0.05, 0) is 0 Å². The van der Waals surface area contributed by atoms with Gasteiger partial charge in [0.15, 0.2) is 5.78 Å². The molecule has 0 aliphatic carbocycles. The number of aliphatic imine (C=N–C) groups is 2. The lowest BCUT2D eigenvalue weighted by molar-refractivity contribution is -0.114. The number of nitrogens with zero attached hydrogens (tertiary/aromatic N) is 2. The average molecular weight is 160 g/mol. The number of carbonyl (C=O) groups excluding carboxylic acids is 2. The first-order chi connectivity index (χ1) is 5.77. The van der Waals surface area contributed by atoms with E-state index in [2.05, 4.69) is 9.98 Å². The van der Waals surface area contributed by atoms with Crippen molar-refractivity contribution in [1.29, 1.82) is 0 Å². The molecule has 2 aliphatic heterocycles. The van der Waals surface area contributed by atoms with Crippen LogP contribution >= 0.6 is 0 Å². The number of amides is 1. The number of fused-ring (bicyclic) bond motifs is 1. The Balaban J connectivity index is 2.53. The van der Waals surface area contributed by atoms with Gasteiger partial charge in [-0.25, -0.2) is 4.99 Å². The van der Waals surface area contributed by atoms with Crippen molar-refractivity contribution in [2.75, 3.05) is 0 Å². The van der Waals surface area contributed by atoms with Crippen LogP contribution in [0.1, 0.15) is 0 Å². The van der Waals surface area contributed by atoms with Gasteiger partial charge in [0.05, 0.1) is 17.5 Å². The van der Waals surface area contributed by atoms with E-state index in [0.29, 0.717) is 11.3 Å². The van der Waals surface area contributed by atoms with Crippen LogP contribution < -0.4 is 0 Å². The van der Waals surface area contributed by atoms with Crippen LogP contribution in [-0.4, -0.2) is 23.6 Å². The number of carbonyl (C=O) groups is 2. The van der Waals surface area contributed by atoms with Gasteiger partial charge in [-0.2, -0.15) is 0 Å². The molecule has 0 atom stereocenters. The van der Waals surface area contributed by atoms with E-state index < -0.39 is 5.91 Å². The minimum absolute atomic E-state index is 0.195. The Labute approximate surface area is 68.0 Å². The fraction of sp³-hybridized carbons (Fsp3) is 0. The van der Waals surface area contributed by atoms with Crippen LogP contribution in [0.4, 0.5) is 0 Å². The van der Waals surface area contributed by atoms with E-state index in [1.54, 1.807) is 0 Å². The minimum Gasteiger partial charge on any atom is -0.289 e. The van der Waals surface area contributed by atoms with Gasteiger partial charge in [-0.3, -0.25) is 14.6 Å². The van der Waals surface area contributed by atoms with Crippen LogP contribution in [0.3, 0.4) is 0 Å². The van der Waals surface area contributed by atoms with Crippen molar-refractivity contribution < 1.29 is 9.59 Å². The maximum absolute atomic E-state index is 11.1. The van der Waals surface area contributed by atoms with E-state index in [0.717, 1.165) is 0 Å². The van der Waals surface area contributed by atoms with E-state index in [1.165, 1.54) is 24.6 Å². The quantitative estimate of drug-likeness (QED) is 0.503. The smallest absolute Gasteiger partial charge is 0.270 e. The van der Waals surface area contributed by atoms with Crippen LogP contribution in [0.2, 0.25) is 0 Å². The molecule has 0 spiro atoms. The molecule has 0 fully saturated rings. The molecular formula is C8H4N2O2. The number of hydrogen-bond acceptors (Lipinski definition) is 3. The molecule has 0 bridgehead atoms. The second-order valence-corrected chi connectivity index (χ2v) is 2.35. The fourth-order valence-electron chi connectivity index (χ4n) is 1.00. The molecule has 2 heterocycles. The number of rotatable bonds is 0. The molecule has 0 N–H and O–H groups in total. The fourth-order valence-corrected chi connectivity index (χ4v) is 1.00. The third-order valence-corrected chi connectivity index (χ3v) is 1.56. The van der Waals surface area contributed by atoms with Gasteiger partial charge >= 0.3 is 0 Å². The van der Waals surface area contributed by atoms with Gasteiger partial charge in [0, 0.05) is 18.4 Å².